The normalized spacial score (nSPS) is 10.1. The number of H-pyrrole nitrogens is 1. The van der Waals surface area contributed by atoms with Crippen molar-refractivity contribution in [3.63, 3.8) is 0 Å². The average Bonchev–Trinajstić information content (AvgIpc) is 2.27. The van der Waals surface area contributed by atoms with Gasteiger partial charge in [0, 0.05) is 10.9 Å². The van der Waals surface area contributed by atoms with E-state index in [-0.39, 0.29) is 11.1 Å². The number of rotatable bonds is 1. The van der Waals surface area contributed by atoms with E-state index in [0.29, 0.717) is 6.42 Å². The van der Waals surface area contributed by atoms with Crippen LogP contribution in [0.15, 0.2) is 29.1 Å². The monoisotopic (exact) mass is 198 g/mol. The molecular formula is C12H10N2O. The number of para-hydroxylation sites is 1. The third-order valence-corrected chi connectivity index (χ3v) is 2.49. The number of nitriles is 1. The fourth-order valence-corrected chi connectivity index (χ4v) is 1.80. The molecular weight excluding hydrogens is 188 g/mol. The van der Waals surface area contributed by atoms with Crippen molar-refractivity contribution in [2.45, 2.75) is 13.3 Å². The number of hydrogen-bond donors (Lipinski definition) is 1. The lowest BCUT2D eigenvalue weighted by Crippen LogP contribution is -2.13. The summed E-state index contributed by atoms with van der Waals surface area (Å²) in [5.41, 5.74) is 1.56. The number of nitrogens with zero attached hydrogens (tertiary/aromatic N) is 1. The number of benzene rings is 1. The molecule has 0 amide bonds. The number of nitrogens with one attached hydrogen (secondary N) is 1. The maximum atomic E-state index is 11.6. The topological polar surface area (TPSA) is 56.6 Å². The van der Waals surface area contributed by atoms with Gasteiger partial charge in [0.25, 0.3) is 5.56 Å². The summed E-state index contributed by atoms with van der Waals surface area (Å²) in [5.74, 6) is 0. The summed E-state index contributed by atoms with van der Waals surface area (Å²) < 4.78 is 0. The molecule has 0 radical (unpaired) electrons. The number of aromatic amines is 1. The van der Waals surface area contributed by atoms with Gasteiger partial charge in [0.15, 0.2) is 0 Å². The van der Waals surface area contributed by atoms with Crippen molar-refractivity contribution in [2.24, 2.45) is 0 Å². The lowest BCUT2D eigenvalue weighted by atomic mass is 10.0. The van der Waals surface area contributed by atoms with E-state index in [4.69, 9.17) is 5.26 Å². The Labute approximate surface area is 87.0 Å². The number of hydrogen-bond acceptors (Lipinski definition) is 2. The predicted octanol–water partition coefficient (Wildman–Crippen LogP) is 1.96. The minimum absolute atomic E-state index is 0.233. The van der Waals surface area contributed by atoms with Crippen molar-refractivity contribution in [3.05, 3.63) is 45.7 Å². The molecule has 1 heterocycles. The second-order valence-corrected chi connectivity index (χ2v) is 3.32. The van der Waals surface area contributed by atoms with Gasteiger partial charge in [-0.25, -0.2) is 0 Å². The van der Waals surface area contributed by atoms with E-state index in [0.717, 1.165) is 16.5 Å². The smallest absolute Gasteiger partial charge is 0.266 e. The van der Waals surface area contributed by atoms with Crippen LogP contribution in [-0.4, -0.2) is 4.98 Å². The van der Waals surface area contributed by atoms with Gasteiger partial charge < -0.3 is 4.98 Å². The van der Waals surface area contributed by atoms with Crippen molar-refractivity contribution >= 4 is 10.9 Å². The van der Waals surface area contributed by atoms with Gasteiger partial charge in [-0.1, -0.05) is 25.1 Å². The minimum Gasteiger partial charge on any atom is -0.321 e. The van der Waals surface area contributed by atoms with Crippen LogP contribution in [0.3, 0.4) is 0 Å². The molecule has 0 unspecified atom stereocenters. The highest BCUT2D eigenvalue weighted by Crippen LogP contribution is 2.17. The first-order valence-electron chi connectivity index (χ1n) is 4.82. The zero-order valence-corrected chi connectivity index (χ0v) is 8.37. The number of aryl methyl sites for hydroxylation is 1. The fraction of sp³-hybridized carbons (Fsp3) is 0.167. The molecule has 3 nitrogen and oxygen atoms in total. The van der Waals surface area contributed by atoms with Crippen LogP contribution in [0, 0.1) is 11.3 Å². The first-order valence-corrected chi connectivity index (χ1v) is 4.82. The molecule has 0 fully saturated rings. The minimum atomic E-state index is -0.298. The van der Waals surface area contributed by atoms with Gasteiger partial charge in [0.2, 0.25) is 0 Å². The predicted molar refractivity (Wildman–Crippen MR) is 58.7 cm³/mol. The molecule has 3 heteroatoms. The van der Waals surface area contributed by atoms with Crippen molar-refractivity contribution in [2.75, 3.05) is 0 Å². The van der Waals surface area contributed by atoms with Gasteiger partial charge in [0.05, 0.1) is 0 Å². The standard InChI is InChI=1S/C12H10N2O/c1-2-8-9-5-3-4-6-11(9)14-12(15)10(8)7-13/h3-6H,2H2,1H3,(H,14,15). The molecule has 1 aromatic carbocycles. The zero-order valence-electron chi connectivity index (χ0n) is 8.37. The molecule has 74 valence electrons. The van der Waals surface area contributed by atoms with Crippen LogP contribution in [-0.2, 0) is 6.42 Å². The number of aromatic nitrogens is 1. The fourth-order valence-electron chi connectivity index (χ4n) is 1.80. The molecule has 0 bridgehead atoms. The highest BCUT2D eigenvalue weighted by atomic mass is 16.1. The van der Waals surface area contributed by atoms with Crippen molar-refractivity contribution < 1.29 is 0 Å². The second kappa shape index (κ2) is 3.58. The Bertz CT molecular complexity index is 605. The van der Waals surface area contributed by atoms with E-state index in [1.807, 2.05) is 37.3 Å². The summed E-state index contributed by atoms with van der Waals surface area (Å²) in [5, 5.41) is 9.87. The molecule has 0 aliphatic rings. The first-order chi connectivity index (χ1) is 7.27. The molecule has 0 spiro atoms. The highest BCUT2D eigenvalue weighted by molar-refractivity contribution is 5.83. The van der Waals surface area contributed by atoms with Gasteiger partial charge in [0.1, 0.15) is 11.6 Å². The summed E-state index contributed by atoms with van der Waals surface area (Å²) >= 11 is 0. The SMILES string of the molecule is CCc1c(C#N)c(=O)[nH]c2ccccc12. The van der Waals surface area contributed by atoms with E-state index in [2.05, 4.69) is 4.98 Å². The second-order valence-electron chi connectivity index (χ2n) is 3.32. The van der Waals surface area contributed by atoms with Crippen LogP contribution in [0.4, 0.5) is 0 Å². The molecule has 15 heavy (non-hydrogen) atoms. The van der Waals surface area contributed by atoms with Gasteiger partial charge in [-0.15, -0.1) is 0 Å². The average molecular weight is 198 g/mol. The highest BCUT2D eigenvalue weighted by Gasteiger charge is 2.09. The van der Waals surface area contributed by atoms with Crippen LogP contribution in [0.1, 0.15) is 18.1 Å². The van der Waals surface area contributed by atoms with Crippen molar-refractivity contribution in [1.29, 1.82) is 5.26 Å². The van der Waals surface area contributed by atoms with Crippen LogP contribution >= 0.6 is 0 Å². The Hall–Kier alpha value is -2.08. The molecule has 2 aromatic rings. The third kappa shape index (κ3) is 1.40. The Kier molecular flexibility index (Phi) is 2.26. The Morgan fingerprint density at radius 2 is 2.13 bits per heavy atom. The zero-order chi connectivity index (χ0) is 10.8. The Morgan fingerprint density at radius 3 is 2.80 bits per heavy atom. The number of pyridine rings is 1. The van der Waals surface area contributed by atoms with Gasteiger partial charge in [-0.2, -0.15) is 5.26 Å². The summed E-state index contributed by atoms with van der Waals surface area (Å²) in [6.45, 7) is 1.95. The molecule has 0 aliphatic heterocycles. The van der Waals surface area contributed by atoms with Crippen LogP contribution in [0.5, 0.6) is 0 Å². The van der Waals surface area contributed by atoms with Gasteiger partial charge >= 0.3 is 0 Å². The molecule has 0 aliphatic carbocycles. The molecule has 0 saturated heterocycles. The lowest BCUT2D eigenvalue weighted by molar-refractivity contribution is 1.11. The summed E-state index contributed by atoms with van der Waals surface area (Å²) in [7, 11) is 0. The summed E-state index contributed by atoms with van der Waals surface area (Å²) in [6.07, 6.45) is 0.688. The number of fused-ring (bicyclic) bond motifs is 1. The van der Waals surface area contributed by atoms with E-state index in [1.54, 1.807) is 0 Å². The summed E-state index contributed by atoms with van der Waals surface area (Å²) in [6, 6.07) is 9.50. The largest absolute Gasteiger partial charge is 0.321 e. The Morgan fingerprint density at radius 1 is 1.40 bits per heavy atom. The molecule has 0 saturated carbocycles. The van der Waals surface area contributed by atoms with Crippen LogP contribution in [0.25, 0.3) is 10.9 Å². The maximum Gasteiger partial charge on any atom is 0.266 e. The quantitative estimate of drug-likeness (QED) is 0.761. The maximum absolute atomic E-state index is 11.6. The molecule has 0 atom stereocenters. The van der Waals surface area contributed by atoms with Gasteiger partial charge in [-0.3, -0.25) is 4.79 Å². The van der Waals surface area contributed by atoms with Crippen molar-refractivity contribution in [1.82, 2.24) is 4.98 Å². The molecule has 1 aromatic heterocycles. The Balaban J connectivity index is 2.99. The van der Waals surface area contributed by atoms with E-state index in [9.17, 15) is 4.79 Å². The van der Waals surface area contributed by atoms with E-state index in [1.165, 1.54) is 0 Å². The first kappa shape index (κ1) is 9.47. The van der Waals surface area contributed by atoms with Gasteiger partial charge in [-0.05, 0) is 18.1 Å². The summed E-state index contributed by atoms with van der Waals surface area (Å²) in [4.78, 5) is 14.3. The van der Waals surface area contributed by atoms with Crippen molar-refractivity contribution in [3.8, 4) is 6.07 Å². The van der Waals surface area contributed by atoms with Crippen LogP contribution < -0.4 is 5.56 Å². The van der Waals surface area contributed by atoms with E-state index >= 15 is 0 Å². The lowest BCUT2D eigenvalue weighted by Gasteiger charge is -2.05. The molecule has 2 rings (SSSR count). The van der Waals surface area contributed by atoms with Crippen LogP contribution in [0.2, 0.25) is 0 Å². The molecule has 1 N–H and O–H groups in total. The third-order valence-electron chi connectivity index (χ3n) is 2.49. The van der Waals surface area contributed by atoms with E-state index < -0.39 is 0 Å².